The van der Waals surface area contributed by atoms with Crippen LogP contribution in [0.15, 0.2) is 42.5 Å². The Hall–Kier alpha value is -1.76. The van der Waals surface area contributed by atoms with E-state index in [0.717, 1.165) is 16.1 Å². The third-order valence-electron chi connectivity index (χ3n) is 4.87. The number of anilines is 1. The zero-order valence-corrected chi connectivity index (χ0v) is 20.4. The quantitative estimate of drug-likeness (QED) is 0.620. The second-order valence-corrected chi connectivity index (χ2v) is 11.1. The van der Waals surface area contributed by atoms with E-state index in [1.165, 1.54) is 24.6 Å². The predicted octanol–water partition coefficient (Wildman–Crippen LogP) is 5.32. The molecule has 0 saturated heterocycles. The lowest BCUT2D eigenvalue weighted by molar-refractivity contribution is -0.122. The number of rotatable bonds is 6. The van der Waals surface area contributed by atoms with Crippen molar-refractivity contribution in [1.29, 1.82) is 0 Å². The van der Waals surface area contributed by atoms with Crippen molar-refractivity contribution in [2.75, 3.05) is 10.6 Å². The van der Waals surface area contributed by atoms with Crippen molar-refractivity contribution >= 4 is 44.8 Å². The fourth-order valence-electron chi connectivity index (χ4n) is 3.12. The molecule has 0 heterocycles. The highest BCUT2D eigenvalue weighted by Crippen LogP contribution is 2.32. The third-order valence-corrected chi connectivity index (χ3v) is 6.65. The Morgan fingerprint density at radius 2 is 1.60 bits per heavy atom. The molecule has 2 aromatic rings. The third kappa shape index (κ3) is 5.90. The van der Waals surface area contributed by atoms with Crippen LogP contribution in [0.2, 0.25) is 10.0 Å². The Kier molecular flexibility index (Phi) is 7.49. The Morgan fingerprint density at radius 3 is 2.10 bits per heavy atom. The van der Waals surface area contributed by atoms with Crippen LogP contribution in [0.1, 0.15) is 51.8 Å². The van der Waals surface area contributed by atoms with Gasteiger partial charge < -0.3 is 5.32 Å². The Bertz CT molecular complexity index is 1020. The number of nitrogens with one attached hydrogen (secondary N) is 1. The number of carbonyl (C=O) groups excluding carboxylic acids is 1. The highest BCUT2D eigenvalue weighted by Gasteiger charge is 2.31. The first-order valence-corrected chi connectivity index (χ1v) is 12.2. The van der Waals surface area contributed by atoms with Crippen LogP contribution >= 0.6 is 23.2 Å². The van der Waals surface area contributed by atoms with Crippen LogP contribution in [0.3, 0.4) is 0 Å². The molecule has 2 rings (SSSR count). The molecule has 0 saturated carbocycles. The summed E-state index contributed by atoms with van der Waals surface area (Å²) in [6.45, 7) is 9.78. The molecule has 0 aliphatic heterocycles. The van der Waals surface area contributed by atoms with Gasteiger partial charge in [0.15, 0.2) is 0 Å². The van der Waals surface area contributed by atoms with Gasteiger partial charge in [0, 0.05) is 5.02 Å². The predicted molar refractivity (Wildman–Crippen MR) is 125 cm³/mol. The molecule has 1 N–H and O–H groups in total. The second kappa shape index (κ2) is 9.16. The molecule has 5 nitrogen and oxygen atoms in total. The van der Waals surface area contributed by atoms with Crippen molar-refractivity contribution in [3.63, 3.8) is 0 Å². The normalized spacial score (nSPS) is 14.1. The molecule has 164 valence electrons. The van der Waals surface area contributed by atoms with Gasteiger partial charge in [-0.15, -0.1) is 0 Å². The van der Waals surface area contributed by atoms with Crippen molar-refractivity contribution in [3.8, 4) is 0 Å². The molecule has 0 fully saturated rings. The molecule has 2 atom stereocenters. The van der Waals surface area contributed by atoms with E-state index in [0.29, 0.717) is 5.02 Å². The minimum absolute atomic E-state index is 0.0335. The number of carbonyl (C=O) groups is 1. The fraction of sp³-hybridized carbons (Fsp3) is 0.409. The molecule has 2 aromatic carbocycles. The van der Waals surface area contributed by atoms with Gasteiger partial charge in [-0.3, -0.25) is 9.10 Å². The summed E-state index contributed by atoms with van der Waals surface area (Å²) >= 11 is 12.2. The molecule has 0 unspecified atom stereocenters. The molecule has 0 aliphatic carbocycles. The van der Waals surface area contributed by atoms with Crippen LogP contribution in [-0.4, -0.2) is 26.6 Å². The molecule has 0 bridgehead atoms. The van der Waals surface area contributed by atoms with E-state index in [4.69, 9.17) is 23.2 Å². The highest BCUT2D eigenvalue weighted by molar-refractivity contribution is 7.92. The molecule has 8 heteroatoms. The monoisotopic (exact) mass is 470 g/mol. The topological polar surface area (TPSA) is 66.5 Å². The lowest BCUT2D eigenvalue weighted by Crippen LogP contribution is -2.48. The van der Waals surface area contributed by atoms with Gasteiger partial charge in [-0.1, -0.05) is 68.2 Å². The van der Waals surface area contributed by atoms with Gasteiger partial charge in [0.1, 0.15) is 6.04 Å². The van der Waals surface area contributed by atoms with Crippen molar-refractivity contribution in [1.82, 2.24) is 5.32 Å². The van der Waals surface area contributed by atoms with E-state index in [9.17, 15) is 13.2 Å². The van der Waals surface area contributed by atoms with Gasteiger partial charge in [-0.05, 0) is 48.6 Å². The van der Waals surface area contributed by atoms with Gasteiger partial charge >= 0.3 is 0 Å². The van der Waals surface area contributed by atoms with E-state index < -0.39 is 22.0 Å². The number of amides is 1. The largest absolute Gasteiger partial charge is 0.348 e. The Labute approximate surface area is 189 Å². The summed E-state index contributed by atoms with van der Waals surface area (Å²) < 4.78 is 25.9. The first kappa shape index (κ1) is 24.5. The molecule has 0 aliphatic rings. The summed E-state index contributed by atoms with van der Waals surface area (Å²) in [5, 5.41) is 3.40. The average molecular weight is 471 g/mol. The SMILES string of the molecule is C[C@H](NC(=O)[C@H](C)N(c1cc(Cl)ccc1Cl)S(C)(=O)=O)c1ccc(C(C)(C)C)cc1. The van der Waals surface area contributed by atoms with Crippen molar-refractivity contribution in [3.05, 3.63) is 63.6 Å². The van der Waals surface area contributed by atoms with Crippen molar-refractivity contribution in [2.45, 2.75) is 52.1 Å². The van der Waals surface area contributed by atoms with Gasteiger partial charge in [-0.2, -0.15) is 0 Å². The molecule has 30 heavy (non-hydrogen) atoms. The summed E-state index contributed by atoms with van der Waals surface area (Å²) in [6.07, 6.45) is 1.03. The maximum atomic E-state index is 12.9. The van der Waals surface area contributed by atoms with Crippen LogP contribution in [0.5, 0.6) is 0 Å². The van der Waals surface area contributed by atoms with E-state index >= 15 is 0 Å². The van der Waals surface area contributed by atoms with Crippen LogP contribution in [-0.2, 0) is 20.2 Å². The van der Waals surface area contributed by atoms with Gasteiger partial charge in [-0.25, -0.2) is 8.42 Å². The Balaban J connectivity index is 2.26. The molecule has 0 radical (unpaired) electrons. The molecular formula is C22H28Cl2N2O3S. The van der Waals surface area contributed by atoms with Crippen LogP contribution in [0.25, 0.3) is 0 Å². The van der Waals surface area contributed by atoms with Crippen molar-refractivity contribution in [2.24, 2.45) is 0 Å². The minimum Gasteiger partial charge on any atom is -0.348 e. The molecule has 1 amide bonds. The maximum absolute atomic E-state index is 12.9. The summed E-state index contributed by atoms with van der Waals surface area (Å²) in [6, 6.07) is 11.2. The molecule has 0 spiro atoms. The number of halogens is 2. The second-order valence-electron chi connectivity index (χ2n) is 8.43. The first-order chi connectivity index (χ1) is 13.7. The van der Waals surface area contributed by atoms with E-state index in [2.05, 4.69) is 26.1 Å². The lowest BCUT2D eigenvalue weighted by atomic mass is 9.86. The molecular weight excluding hydrogens is 443 g/mol. The van der Waals surface area contributed by atoms with Crippen LogP contribution in [0, 0.1) is 0 Å². The van der Waals surface area contributed by atoms with E-state index in [-0.39, 0.29) is 22.2 Å². The van der Waals surface area contributed by atoms with E-state index in [1.807, 2.05) is 31.2 Å². The average Bonchev–Trinajstić information content (AvgIpc) is 2.62. The van der Waals surface area contributed by atoms with Crippen molar-refractivity contribution < 1.29 is 13.2 Å². The smallest absolute Gasteiger partial charge is 0.244 e. The number of nitrogens with zero attached hydrogens (tertiary/aromatic N) is 1. The number of hydrogen-bond acceptors (Lipinski definition) is 3. The summed E-state index contributed by atoms with van der Waals surface area (Å²) in [5.74, 6) is -0.441. The highest BCUT2D eigenvalue weighted by atomic mass is 35.5. The number of benzene rings is 2. The van der Waals surface area contributed by atoms with Crippen LogP contribution in [0.4, 0.5) is 5.69 Å². The summed E-state index contributed by atoms with van der Waals surface area (Å²) in [5.41, 5.74) is 2.31. The Morgan fingerprint density at radius 1 is 1.03 bits per heavy atom. The number of sulfonamides is 1. The zero-order chi connectivity index (χ0) is 22.9. The standard InChI is InChI=1S/C22H28Cl2N2O3S/c1-14(16-7-9-17(10-8-16)22(3,4)5)25-21(27)15(2)26(30(6,28)29)20-13-18(23)11-12-19(20)24/h7-15H,1-6H3,(H,25,27)/t14-,15-/m0/s1. The zero-order valence-electron chi connectivity index (χ0n) is 18.0. The first-order valence-electron chi connectivity index (χ1n) is 9.57. The van der Waals surface area contributed by atoms with Gasteiger partial charge in [0.25, 0.3) is 0 Å². The van der Waals surface area contributed by atoms with Gasteiger partial charge in [0.2, 0.25) is 15.9 Å². The summed E-state index contributed by atoms with van der Waals surface area (Å²) in [4.78, 5) is 12.9. The van der Waals surface area contributed by atoms with Crippen LogP contribution < -0.4 is 9.62 Å². The lowest BCUT2D eigenvalue weighted by Gasteiger charge is -2.30. The fourth-order valence-corrected chi connectivity index (χ4v) is 4.73. The summed E-state index contributed by atoms with van der Waals surface area (Å²) in [7, 11) is -3.79. The minimum atomic E-state index is -3.79. The van der Waals surface area contributed by atoms with E-state index in [1.54, 1.807) is 6.07 Å². The number of hydrogen-bond donors (Lipinski definition) is 1. The maximum Gasteiger partial charge on any atom is 0.244 e. The van der Waals surface area contributed by atoms with Gasteiger partial charge in [0.05, 0.1) is 23.0 Å². The molecule has 0 aromatic heterocycles.